The summed E-state index contributed by atoms with van der Waals surface area (Å²) in [6.45, 7) is 6.88. The lowest BCUT2D eigenvalue weighted by Gasteiger charge is -2.59. The summed E-state index contributed by atoms with van der Waals surface area (Å²) in [5, 5.41) is 22.0. The lowest BCUT2D eigenvalue weighted by Crippen LogP contribution is -2.69. The minimum absolute atomic E-state index is 0.278. The molecular weight excluding hydrogens is 340 g/mol. The molecule has 7 nitrogen and oxygen atoms in total. The number of allylic oxidation sites excluding steroid dienone is 1. The molecule has 2 saturated heterocycles. The van der Waals surface area contributed by atoms with Crippen LogP contribution in [0.5, 0.6) is 0 Å². The van der Waals surface area contributed by atoms with Crippen molar-refractivity contribution in [1.82, 2.24) is 0 Å². The van der Waals surface area contributed by atoms with E-state index in [9.17, 15) is 24.6 Å². The summed E-state index contributed by atoms with van der Waals surface area (Å²) < 4.78 is 11.0. The zero-order valence-electron chi connectivity index (χ0n) is 15.1. The smallest absolute Gasteiger partial charge is 0.310 e. The highest BCUT2D eigenvalue weighted by Crippen LogP contribution is 2.69. The van der Waals surface area contributed by atoms with Crippen molar-refractivity contribution >= 4 is 17.5 Å². The predicted octanol–water partition coefficient (Wildman–Crippen LogP) is -0.222. The van der Waals surface area contributed by atoms with Gasteiger partial charge in [0.15, 0.2) is 17.7 Å². The molecule has 0 radical (unpaired) electrons. The van der Waals surface area contributed by atoms with E-state index in [2.05, 4.69) is 0 Å². The van der Waals surface area contributed by atoms with Gasteiger partial charge in [0.25, 0.3) is 0 Å². The van der Waals surface area contributed by atoms with Crippen molar-refractivity contribution in [3.63, 3.8) is 0 Å². The number of fused-ring (bicyclic) bond motifs is 8. The van der Waals surface area contributed by atoms with E-state index in [4.69, 9.17) is 9.47 Å². The first-order valence-corrected chi connectivity index (χ1v) is 9.06. The highest BCUT2D eigenvalue weighted by atomic mass is 16.6. The molecule has 2 N–H and O–H groups in total. The molecular formula is C19H22O7. The van der Waals surface area contributed by atoms with Gasteiger partial charge in [-0.25, -0.2) is 0 Å². The average Bonchev–Trinajstić information content (AvgIpc) is 3.18. The van der Waals surface area contributed by atoms with E-state index in [1.54, 1.807) is 27.7 Å². The van der Waals surface area contributed by atoms with Gasteiger partial charge in [0.2, 0.25) is 0 Å². The molecule has 2 unspecified atom stereocenters. The maximum Gasteiger partial charge on any atom is 0.310 e. The lowest BCUT2D eigenvalue weighted by atomic mass is 9.42. The summed E-state index contributed by atoms with van der Waals surface area (Å²) in [7, 11) is 0. The molecule has 3 aliphatic carbocycles. The zero-order valence-corrected chi connectivity index (χ0v) is 15.1. The van der Waals surface area contributed by atoms with Gasteiger partial charge in [0.05, 0.1) is 17.4 Å². The number of ketones is 2. The van der Waals surface area contributed by atoms with Gasteiger partial charge < -0.3 is 19.7 Å². The highest BCUT2D eigenvalue weighted by molar-refractivity contribution is 6.04. The van der Waals surface area contributed by atoms with Gasteiger partial charge in [-0.15, -0.1) is 0 Å². The van der Waals surface area contributed by atoms with Crippen LogP contribution in [-0.2, 0) is 23.9 Å². The molecule has 0 aromatic heterocycles. The van der Waals surface area contributed by atoms with Crippen molar-refractivity contribution in [2.75, 3.05) is 0 Å². The topological polar surface area (TPSA) is 113 Å². The molecule has 4 fully saturated rings. The maximum absolute atomic E-state index is 13.2. The van der Waals surface area contributed by atoms with Crippen molar-refractivity contribution < 1.29 is 34.1 Å². The first kappa shape index (κ1) is 16.6. The van der Waals surface area contributed by atoms with Crippen LogP contribution in [0, 0.1) is 28.6 Å². The average molecular weight is 362 g/mol. The molecule has 2 bridgehead atoms. The fourth-order valence-electron chi connectivity index (χ4n) is 6.70. The number of aliphatic hydroxyl groups is 2. The van der Waals surface area contributed by atoms with E-state index >= 15 is 0 Å². The Balaban J connectivity index is 1.79. The molecule has 0 aromatic carbocycles. The number of aliphatic hydroxyl groups excluding tert-OH is 2. The number of carbonyl (C=O) groups is 3. The van der Waals surface area contributed by atoms with Crippen LogP contribution in [0.1, 0.15) is 27.7 Å². The third-order valence-corrected chi connectivity index (χ3v) is 7.99. The van der Waals surface area contributed by atoms with E-state index < -0.39 is 64.4 Å². The Bertz CT molecular complexity index is 817. The zero-order chi connectivity index (χ0) is 19.0. The second-order valence-electron chi connectivity index (χ2n) is 9.10. The second kappa shape index (κ2) is 4.29. The van der Waals surface area contributed by atoms with E-state index in [0.717, 1.165) is 0 Å². The first-order valence-electron chi connectivity index (χ1n) is 9.06. The van der Waals surface area contributed by atoms with Crippen LogP contribution in [0.25, 0.3) is 0 Å². The number of Topliss-reactive ketones (excluding diaryl/α,β-unsaturated/α-hetero) is 1. The summed E-state index contributed by atoms with van der Waals surface area (Å²) in [5.74, 6) is -3.06. The molecule has 0 amide bonds. The SMILES string of the molecule is C[C@H]1[C@H]2OC(=O)[C@@H]1[C@]1(C)C(=O)C=C3C4(C)OC4C(=O)[C@@H](O)[C@]3(C)[C@H]1[C@H]2O. The number of rotatable bonds is 0. The largest absolute Gasteiger partial charge is 0.459 e. The number of carbonyl (C=O) groups excluding carboxylic acids is 3. The number of hydrogen-bond donors (Lipinski definition) is 2. The number of ether oxygens (including phenoxy) is 2. The summed E-state index contributed by atoms with van der Waals surface area (Å²) >= 11 is 0. The fourth-order valence-corrected chi connectivity index (χ4v) is 6.70. The van der Waals surface area contributed by atoms with E-state index in [-0.39, 0.29) is 11.7 Å². The highest BCUT2D eigenvalue weighted by Gasteiger charge is 2.79. The Morgan fingerprint density at radius 3 is 2.38 bits per heavy atom. The van der Waals surface area contributed by atoms with E-state index in [0.29, 0.717) is 5.57 Å². The second-order valence-corrected chi connectivity index (χ2v) is 9.10. The quantitative estimate of drug-likeness (QED) is 0.452. The van der Waals surface area contributed by atoms with Crippen LogP contribution in [0.15, 0.2) is 11.6 Å². The monoisotopic (exact) mass is 362 g/mol. The Morgan fingerprint density at radius 1 is 1.08 bits per heavy atom. The molecule has 2 saturated carbocycles. The number of esters is 1. The minimum Gasteiger partial charge on any atom is -0.459 e. The van der Waals surface area contributed by atoms with Crippen LogP contribution in [0.4, 0.5) is 0 Å². The van der Waals surface area contributed by atoms with Crippen molar-refractivity contribution in [2.24, 2.45) is 28.6 Å². The van der Waals surface area contributed by atoms with Crippen molar-refractivity contribution in [3.8, 4) is 0 Å². The molecule has 26 heavy (non-hydrogen) atoms. The number of hydrogen-bond acceptors (Lipinski definition) is 7. The minimum atomic E-state index is -1.41. The number of epoxide rings is 1. The van der Waals surface area contributed by atoms with Gasteiger partial charge in [-0.3, -0.25) is 14.4 Å². The third-order valence-electron chi connectivity index (χ3n) is 7.99. The molecule has 0 aromatic rings. The van der Waals surface area contributed by atoms with Gasteiger partial charge >= 0.3 is 5.97 Å². The van der Waals surface area contributed by atoms with Crippen LogP contribution >= 0.6 is 0 Å². The van der Waals surface area contributed by atoms with Gasteiger partial charge in [-0.2, -0.15) is 0 Å². The fraction of sp³-hybridized carbons (Fsp3) is 0.737. The van der Waals surface area contributed by atoms with Gasteiger partial charge in [-0.1, -0.05) is 20.8 Å². The standard InChI is InChI=1S/C19H22O7/c1-6-9-16(24)25-12(6)10(21)13-17(2)7(5-8(20)18(9,13)3)19(4)15(26-19)11(22)14(17)23/h5-6,9-10,12-15,21,23H,1-4H3/t6-,9-,10+,12-,13-,14-,15?,17+,18+,19?/m1/s1. The van der Waals surface area contributed by atoms with Crippen molar-refractivity contribution in [1.29, 1.82) is 0 Å². The maximum atomic E-state index is 13.2. The third kappa shape index (κ3) is 1.41. The first-order chi connectivity index (χ1) is 12.0. The predicted molar refractivity (Wildman–Crippen MR) is 85.6 cm³/mol. The summed E-state index contributed by atoms with van der Waals surface area (Å²) in [5.41, 5.74) is -2.85. The van der Waals surface area contributed by atoms with Crippen molar-refractivity contribution in [2.45, 2.75) is 57.7 Å². The molecule has 2 heterocycles. The van der Waals surface area contributed by atoms with Crippen LogP contribution < -0.4 is 0 Å². The van der Waals surface area contributed by atoms with Gasteiger partial charge in [0.1, 0.15) is 17.8 Å². The molecule has 5 aliphatic rings. The molecule has 140 valence electrons. The summed E-state index contributed by atoms with van der Waals surface area (Å²) in [6.07, 6.45) is -2.64. The lowest BCUT2D eigenvalue weighted by molar-refractivity contribution is -0.181. The Morgan fingerprint density at radius 2 is 1.73 bits per heavy atom. The molecule has 10 atom stereocenters. The molecule has 2 aliphatic heterocycles. The normalized spacial score (nSPS) is 59.8. The Hall–Kier alpha value is -1.57. The van der Waals surface area contributed by atoms with Crippen LogP contribution in [-0.4, -0.2) is 57.8 Å². The molecule has 7 heteroatoms. The van der Waals surface area contributed by atoms with Gasteiger partial charge in [0, 0.05) is 17.3 Å². The summed E-state index contributed by atoms with van der Waals surface area (Å²) in [6, 6.07) is 0. The molecule has 0 spiro atoms. The Labute approximate surface area is 150 Å². The Kier molecular flexibility index (Phi) is 2.74. The summed E-state index contributed by atoms with van der Waals surface area (Å²) in [4.78, 5) is 38.4. The van der Waals surface area contributed by atoms with Crippen molar-refractivity contribution in [3.05, 3.63) is 11.6 Å². The van der Waals surface area contributed by atoms with Crippen LogP contribution in [0.3, 0.4) is 0 Å². The van der Waals surface area contributed by atoms with Gasteiger partial charge in [-0.05, 0) is 18.6 Å². The van der Waals surface area contributed by atoms with Crippen LogP contribution in [0.2, 0.25) is 0 Å². The van der Waals surface area contributed by atoms with E-state index in [1.807, 2.05) is 0 Å². The van der Waals surface area contributed by atoms with E-state index in [1.165, 1.54) is 6.08 Å². The molecule has 5 rings (SSSR count).